The predicted molar refractivity (Wildman–Crippen MR) is 94.9 cm³/mol. The molecule has 0 aliphatic heterocycles. The van der Waals surface area contributed by atoms with E-state index in [1.54, 1.807) is 13.0 Å². The van der Waals surface area contributed by atoms with Crippen molar-refractivity contribution in [2.24, 2.45) is 0 Å². The third-order valence-corrected chi connectivity index (χ3v) is 4.50. The number of aliphatic hydroxyl groups is 1. The predicted octanol–water partition coefficient (Wildman–Crippen LogP) is 4.18. The molecule has 0 fully saturated rings. The molecule has 3 rings (SSSR count). The van der Waals surface area contributed by atoms with Crippen molar-refractivity contribution in [2.75, 3.05) is 11.9 Å². The molecule has 118 valence electrons. The van der Waals surface area contributed by atoms with Gasteiger partial charge in [-0.25, -0.2) is 0 Å². The van der Waals surface area contributed by atoms with Gasteiger partial charge in [0.2, 0.25) is 5.13 Å². The lowest BCUT2D eigenvalue weighted by Crippen LogP contribution is -2.31. The number of nitrogens with one attached hydrogen (secondary N) is 1. The summed E-state index contributed by atoms with van der Waals surface area (Å²) in [5.74, 6) is 0.676. The molecule has 0 aliphatic carbocycles. The van der Waals surface area contributed by atoms with Gasteiger partial charge in [-0.15, -0.1) is 0 Å². The van der Waals surface area contributed by atoms with Gasteiger partial charge in [-0.2, -0.15) is 9.36 Å². The summed E-state index contributed by atoms with van der Waals surface area (Å²) in [7, 11) is 0. The SMILES string of the molecule is CC(O)(CNc1nc(-c2ccccc2)ns1)c1ccccc1Cl. The largest absolute Gasteiger partial charge is 0.384 e. The molecule has 1 aromatic heterocycles. The van der Waals surface area contributed by atoms with Crippen LogP contribution in [0.2, 0.25) is 5.02 Å². The number of nitrogens with zero attached hydrogens (tertiary/aromatic N) is 2. The molecule has 0 saturated heterocycles. The topological polar surface area (TPSA) is 58.0 Å². The maximum Gasteiger partial charge on any atom is 0.203 e. The lowest BCUT2D eigenvalue weighted by molar-refractivity contribution is 0.0716. The Morgan fingerprint density at radius 2 is 1.83 bits per heavy atom. The van der Waals surface area contributed by atoms with Crippen molar-refractivity contribution < 1.29 is 5.11 Å². The van der Waals surface area contributed by atoms with Crippen molar-refractivity contribution in [3.63, 3.8) is 0 Å². The summed E-state index contributed by atoms with van der Waals surface area (Å²) in [4.78, 5) is 4.45. The number of hydrogen-bond donors (Lipinski definition) is 2. The molecule has 1 unspecified atom stereocenters. The molecule has 2 aromatic carbocycles. The van der Waals surface area contributed by atoms with Gasteiger partial charge in [0.05, 0.1) is 0 Å². The molecule has 0 spiro atoms. The summed E-state index contributed by atoms with van der Waals surface area (Å²) in [6.45, 7) is 2.01. The minimum absolute atomic E-state index is 0.292. The van der Waals surface area contributed by atoms with E-state index < -0.39 is 5.60 Å². The molecule has 6 heteroatoms. The van der Waals surface area contributed by atoms with Crippen LogP contribution in [-0.4, -0.2) is 21.0 Å². The number of hydrogen-bond acceptors (Lipinski definition) is 5. The number of aromatic nitrogens is 2. The van der Waals surface area contributed by atoms with E-state index in [0.717, 1.165) is 5.56 Å². The fraction of sp³-hybridized carbons (Fsp3) is 0.176. The van der Waals surface area contributed by atoms with Crippen LogP contribution in [0, 0.1) is 0 Å². The number of rotatable bonds is 5. The van der Waals surface area contributed by atoms with E-state index in [0.29, 0.717) is 28.1 Å². The van der Waals surface area contributed by atoms with Crippen LogP contribution >= 0.6 is 23.1 Å². The van der Waals surface area contributed by atoms with E-state index >= 15 is 0 Å². The quantitative estimate of drug-likeness (QED) is 0.728. The molecule has 1 heterocycles. The molecule has 0 bridgehead atoms. The van der Waals surface area contributed by atoms with E-state index in [9.17, 15) is 5.11 Å². The van der Waals surface area contributed by atoms with Crippen molar-refractivity contribution in [3.05, 3.63) is 65.2 Å². The molecule has 0 radical (unpaired) electrons. The smallest absolute Gasteiger partial charge is 0.203 e. The van der Waals surface area contributed by atoms with Crippen molar-refractivity contribution in [3.8, 4) is 11.4 Å². The first kappa shape index (κ1) is 15.9. The van der Waals surface area contributed by atoms with Crippen LogP contribution in [-0.2, 0) is 5.60 Å². The Bertz CT molecular complexity index is 789. The van der Waals surface area contributed by atoms with E-state index in [-0.39, 0.29) is 0 Å². The lowest BCUT2D eigenvalue weighted by Gasteiger charge is -2.25. The molecule has 2 N–H and O–H groups in total. The monoisotopic (exact) mass is 345 g/mol. The summed E-state index contributed by atoms with van der Waals surface area (Å²) in [5.41, 5.74) is 0.549. The maximum atomic E-state index is 10.7. The first-order valence-corrected chi connectivity index (χ1v) is 8.32. The highest BCUT2D eigenvalue weighted by atomic mass is 35.5. The minimum Gasteiger partial charge on any atom is -0.384 e. The summed E-state index contributed by atoms with van der Waals surface area (Å²) in [6, 6.07) is 17.1. The zero-order chi connectivity index (χ0) is 16.3. The Morgan fingerprint density at radius 1 is 1.13 bits per heavy atom. The number of halogens is 1. The standard InChI is InChI=1S/C17H16ClN3OS/c1-17(22,13-9-5-6-10-14(13)18)11-19-16-20-15(21-23-16)12-7-3-2-4-8-12/h2-10,22H,11H2,1H3,(H,19,20,21). The van der Waals surface area contributed by atoms with Crippen molar-refractivity contribution in [2.45, 2.75) is 12.5 Å². The van der Waals surface area contributed by atoms with Gasteiger partial charge in [0, 0.05) is 34.2 Å². The molecule has 3 aromatic rings. The van der Waals surface area contributed by atoms with E-state index in [1.807, 2.05) is 48.5 Å². The van der Waals surface area contributed by atoms with Gasteiger partial charge in [0.1, 0.15) is 5.60 Å². The Hall–Kier alpha value is -1.95. The first-order valence-electron chi connectivity index (χ1n) is 7.17. The third-order valence-electron chi connectivity index (χ3n) is 3.50. The number of benzene rings is 2. The fourth-order valence-corrected chi connectivity index (χ4v) is 3.16. The van der Waals surface area contributed by atoms with Crippen LogP contribution in [0.15, 0.2) is 54.6 Å². The van der Waals surface area contributed by atoms with Gasteiger partial charge in [-0.3, -0.25) is 0 Å². The zero-order valence-electron chi connectivity index (χ0n) is 12.5. The van der Waals surface area contributed by atoms with Crippen molar-refractivity contribution in [1.82, 2.24) is 9.36 Å². The van der Waals surface area contributed by atoms with Crippen LogP contribution in [0.4, 0.5) is 5.13 Å². The minimum atomic E-state index is -1.10. The van der Waals surface area contributed by atoms with Gasteiger partial charge in [0.25, 0.3) is 0 Å². The lowest BCUT2D eigenvalue weighted by atomic mass is 9.96. The van der Waals surface area contributed by atoms with Gasteiger partial charge in [-0.1, -0.05) is 60.1 Å². The average molecular weight is 346 g/mol. The molecule has 0 aliphatic rings. The normalized spacial score (nSPS) is 13.5. The third kappa shape index (κ3) is 3.69. The van der Waals surface area contributed by atoms with Crippen LogP contribution in [0.25, 0.3) is 11.4 Å². The van der Waals surface area contributed by atoms with Crippen LogP contribution < -0.4 is 5.32 Å². The van der Waals surface area contributed by atoms with Crippen LogP contribution in [0.1, 0.15) is 12.5 Å². The summed E-state index contributed by atoms with van der Waals surface area (Å²) < 4.78 is 4.34. The van der Waals surface area contributed by atoms with Gasteiger partial charge >= 0.3 is 0 Å². The maximum absolute atomic E-state index is 10.7. The Morgan fingerprint density at radius 3 is 2.57 bits per heavy atom. The zero-order valence-corrected chi connectivity index (χ0v) is 14.1. The van der Waals surface area contributed by atoms with E-state index in [2.05, 4.69) is 14.7 Å². The summed E-state index contributed by atoms with van der Waals surface area (Å²) in [6.07, 6.45) is 0. The highest BCUT2D eigenvalue weighted by Gasteiger charge is 2.25. The molecule has 23 heavy (non-hydrogen) atoms. The molecular formula is C17H16ClN3OS. The van der Waals surface area contributed by atoms with E-state index in [4.69, 9.17) is 11.6 Å². The van der Waals surface area contributed by atoms with Crippen molar-refractivity contribution >= 4 is 28.3 Å². The molecule has 0 saturated carbocycles. The second-order valence-corrected chi connectivity index (χ2v) is 6.56. The molecule has 4 nitrogen and oxygen atoms in total. The summed E-state index contributed by atoms with van der Waals surface area (Å²) in [5, 5.41) is 15.0. The van der Waals surface area contributed by atoms with Crippen LogP contribution in [0.3, 0.4) is 0 Å². The van der Waals surface area contributed by atoms with Gasteiger partial charge < -0.3 is 10.4 Å². The van der Waals surface area contributed by atoms with E-state index in [1.165, 1.54) is 11.5 Å². The molecule has 0 amide bonds. The Kier molecular flexibility index (Phi) is 4.61. The van der Waals surface area contributed by atoms with Gasteiger partial charge in [0.15, 0.2) is 5.82 Å². The highest BCUT2D eigenvalue weighted by Crippen LogP contribution is 2.29. The van der Waals surface area contributed by atoms with Crippen molar-refractivity contribution in [1.29, 1.82) is 0 Å². The summed E-state index contributed by atoms with van der Waals surface area (Å²) >= 11 is 7.43. The fourth-order valence-electron chi connectivity index (χ4n) is 2.24. The Balaban J connectivity index is 1.71. The highest BCUT2D eigenvalue weighted by molar-refractivity contribution is 7.09. The molecular weight excluding hydrogens is 330 g/mol. The second-order valence-electron chi connectivity index (χ2n) is 5.40. The second kappa shape index (κ2) is 6.66. The number of anilines is 1. The molecule has 1 atom stereocenters. The first-order chi connectivity index (χ1) is 11.1. The van der Waals surface area contributed by atoms with Gasteiger partial charge in [-0.05, 0) is 13.0 Å². The Labute approximate surface area is 144 Å². The van der Waals surface area contributed by atoms with Crippen LogP contribution in [0.5, 0.6) is 0 Å². The average Bonchev–Trinajstić information content (AvgIpc) is 3.03.